The number of aliphatic carboxylic acids is 1. The molecule has 0 aliphatic heterocycles. The molecule has 84 valence electrons. The Hall–Kier alpha value is -2.10. The average Bonchev–Trinajstić information content (AvgIpc) is 2.26. The summed E-state index contributed by atoms with van der Waals surface area (Å²) in [5, 5.41) is 17.2. The maximum atomic E-state index is 10.6. The summed E-state index contributed by atoms with van der Waals surface area (Å²) in [6, 6.07) is 6.32. The van der Waals surface area contributed by atoms with Crippen molar-refractivity contribution < 1.29 is 19.8 Å². The van der Waals surface area contributed by atoms with E-state index in [2.05, 4.69) is 0 Å². The normalized spacial score (nSPS) is 11.2. The summed E-state index contributed by atoms with van der Waals surface area (Å²) in [4.78, 5) is 21.0. The van der Waals surface area contributed by atoms with Crippen molar-refractivity contribution in [3.8, 4) is 0 Å². The molecule has 1 aromatic carbocycles. The van der Waals surface area contributed by atoms with Gasteiger partial charge < -0.3 is 10.2 Å². The molecule has 0 aliphatic rings. The van der Waals surface area contributed by atoms with Crippen molar-refractivity contribution in [1.29, 1.82) is 0 Å². The van der Waals surface area contributed by atoms with E-state index in [1.165, 1.54) is 12.1 Å². The first-order valence-electron chi connectivity index (χ1n) is 4.73. The number of allylic oxidation sites excluding steroid dienone is 1. The minimum absolute atomic E-state index is 0.0352. The number of benzene rings is 1. The zero-order valence-electron chi connectivity index (χ0n) is 8.80. The lowest BCUT2D eigenvalue weighted by molar-refractivity contribution is -0.136. The number of rotatable bonds is 4. The topological polar surface area (TPSA) is 74.6 Å². The number of carbonyl (C=O) groups is 2. The van der Waals surface area contributed by atoms with E-state index in [1.54, 1.807) is 25.1 Å². The van der Waals surface area contributed by atoms with E-state index in [0.29, 0.717) is 0 Å². The van der Waals surface area contributed by atoms with Gasteiger partial charge in [0.2, 0.25) is 0 Å². The van der Waals surface area contributed by atoms with Crippen molar-refractivity contribution in [2.45, 2.75) is 13.3 Å². The molecule has 4 heteroatoms. The van der Waals surface area contributed by atoms with Gasteiger partial charge in [-0.3, -0.25) is 4.79 Å². The minimum atomic E-state index is -0.973. The number of carboxylic acids is 2. The number of carboxylic acid groups (broad SMARTS) is 2. The van der Waals surface area contributed by atoms with E-state index in [4.69, 9.17) is 10.2 Å². The molecule has 0 saturated carbocycles. The second-order valence-electron chi connectivity index (χ2n) is 3.37. The molecule has 1 rings (SSSR count). The summed E-state index contributed by atoms with van der Waals surface area (Å²) in [5.74, 6) is -1.86. The molecule has 0 heterocycles. The van der Waals surface area contributed by atoms with E-state index in [1.807, 2.05) is 0 Å². The molecule has 0 aromatic heterocycles. The van der Waals surface area contributed by atoms with Gasteiger partial charge >= 0.3 is 11.9 Å². The van der Waals surface area contributed by atoms with Gasteiger partial charge in [0, 0.05) is 0 Å². The van der Waals surface area contributed by atoms with Gasteiger partial charge in [0.1, 0.15) is 0 Å². The first-order valence-corrected chi connectivity index (χ1v) is 4.73. The lowest BCUT2D eigenvalue weighted by atomic mass is 10.0. The highest BCUT2D eigenvalue weighted by Gasteiger charge is 2.02. The monoisotopic (exact) mass is 220 g/mol. The molecule has 16 heavy (non-hydrogen) atoms. The van der Waals surface area contributed by atoms with Crippen LogP contribution in [0.15, 0.2) is 30.3 Å². The molecule has 0 amide bonds. The number of hydrogen-bond acceptors (Lipinski definition) is 2. The van der Waals surface area contributed by atoms with Gasteiger partial charge in [0.25, 0.3) is 0 Å². The van der Waals surface area contributed by atoms with E-state index in [-0.39, 0.29) is 12.0 Å². The van der Waals surface area contributed by atoms with Crippen molar-refractivity contribution in [3.05, 3.63) is 41.5 Å². The van der Waals surface area contributed by atoms with Gasteiger partial charge in [-0.2, -0.15) is 0 Å². The Balaban J connectivity index is 2.85. The standard InChI is InChI=1S/C12H12O4/c1-8(2-7-11(13)14)9-3-5-10(6-4-9)12(15)16/h2-6H,7H2,1H3,(H,13,14)(H,15,16)/b8-2+. The molecule has 0 radical (unpaired) electrons. The van der Waals surface area contributed by atoms with Crippen molar-refractivity contribution in [1.82, 2.24) is 0 Å². The van der Waals surface area contributed by atoms with Crippen LogP contribution in [-0.2, 0) is 4.79 Å². The van der Waals surface area contributed by atoms with Gasteiger partial charge in [-0.05, 0) is 30.2 Å². The van der Waals surface area contributed by atoms with Crippen LogP contribution in [0.3, 0.4) is 0 Å². The molecule has 0 spiro atoms. The number of hydrogen-bond donors (Lipinski definition) is 2. The molecule has 1 aromatic rings. The molecule has 0 saturated heterocycles. The second-order valence-corrected chi connectivity index (χ2v) is 3.37. The fourth-order valence-electron chi connectivity index (χ4n) is 1.23. The van der Waals surface area contributed by atoms with E-state index in [0.717, 1.165) is 11.1 Å². The van der Waals surface area contributed by atoms with Crippen LogP contribution in [0.25, 0.3) is 5.57 Å². The van der Waals surface area contributed by atoms with Crippen LogP contribution in [0, 0.1) is 0 Å². The van der Waals surface area contributed by atoms with E-state index >= 15 is 0 Å². The summed E-state index contributed by atoms with van der Waals surface area (Å²) in [7, 11) is 0. The first kappa shape index (κ1) is 12.0. The van der Waals surface area contributed by atoms with Crippen molar-refractivity contribution >= 4 is 17.5 Å². The largest absolute Gasteiger partial charge is 0.481 e. The molecule has 4 nitrogen and oxygen atoms in total. The highest BCUT2D eigenvalue weighted by Crippen LogP contribution is 2.15. The second kappa shape index (κ2) is 5.11. The smallest absolute Gasteiger partial charge is 0.335 e. The van der Waals surface area contributed by atoms with Crippen LogP contribution in [0.4, 0.5) is 0 Å². The lowest BCUT2D eigenvalue weighted by Crippen LogP contribution is -1.96. The van der Waals surface area contributed by atoms with Crippen molar-refractivity contribution in [2.24, 2.45) is 0 Å². The third-order valence-corrected chi connectivity index (χ3v) is 2.17. The summed E-state index contributed by atoms with van der Waals surface area (Å²) in [6.07, 6.45) is 1.56. The van der Waals surface area contributed by atoms with Gasteiger partial charge in [0.15, 0.2) is 0 Å². The van der Waals surface area contributed by atoms with Gasteiger partial charge in [-0.25, -0.2) is 4.79 Å². The lowest BCUT2D eigenvalue weighted by Gasteiger charge is -2.01. The van der Waals surface area contributed by atoms with Gasteiger partial charge in [-0.15, -0.1) is 0 Å². The van der Waals surface area contributed by atoms with Crippen LogP contribution in [0.5, 0.6) is 0 Å². The maximum Gasteiger partial charge on any atom is 0.335 e. The Morgan fingerprint density at radius 3 is 2.06 bits per heavy atom. The van der Waals surface area contributed by atoms with Gasteiger partial charge in [0.05, 0.1) is 12.0 Å². The summed E-state index contributed by atoms with van der Waals surface area (Å²) in [5.41, 5.74) is 1.86. The predicted molar refractivity (Wildman–Crippen MR) is 59.3 cm³/mol. The van der Waals surface area contributed by atoms with E-state index in [9.17, 15) is 9.59 Å². The quantitative estimate of drug-likeness (QED) is 0.816. The zero-order valence-corrected chi connectivity index (χ0v) is 8.80. The van der Waals surface area contributed by atoms with Crippen LogP contribution in [0.1, 0.15) is 29.3 Å². The summed E-state index contributed by atoms with van der Waals surface area (Å²) >= 11 is 0. The molecule has 0 aliphatic carbocycles. The van der Waals surface area contributed by atoms with E-state index < -0.39 is 11.9 Å². The molecule has 2 N–H and O–H groups in total. The highest BCUT2D eigenvalue weighted by atomic mass is 16.4. The Labute approximate surface area is 92.8 Å². The van der Waals surface area contributed by atoms with Crippen LogP contribution >= 0.6 is 0 Å². The first-order chi connectivity index (χ1) is 7.50. The van der Waals surface area contributed by atoms with Crippen LogP contribution in [-0.4, -0.2) is 22.2 Å². The molecule has 0 bridgehead atoms. The SMILES string of the molecule is C/C(=C\CC(=O)O)c1ccc(C(=O)O)cc1. The Bertz CT molecular complexity index is 429. The Kier molecular flexibility index (Phi) is 3.83. The van der Waals surface area contributed by atoms with Crippen molar-refractivity contribution in [2.75, 3.05) is 0 Å². The number of aromatic carboxylic acids is 1. The maximum absolute atomic E-state index is 10.6. The highest BCUT2D eigenvalue weighted by molar-refractivity contribution is 5.88. The third kappa shape index (κ3) is 3.24. The fraction of sp³-hybridized carbons (Fsp3) is 0.167. The third-order valence-electron chi connectivity index (χ3n) is 2.17. The van der Waals surface area contributed by atoms with Crippen LogP contribution < -0.4 is 0 Å². The summed E-state index contributed by atoms with van der Waals surface area (Å²) < 4.78 is 0. The Morgan fingerprint density at radius 2 is 1.62 bits per heavy atom. The molecular weight excluding hydrogens is 208 g/mol. The molecule has 0 atom stereocenters. The molecule has 0 fully saturated rings. The average molecular weight is 220 g/mol. The molecular formula is C12H12O4. The van der Waals surface area contributed by atoms with Crippen molar-refractivity contribution in [3.63, 3.8) is 0 Å². The molecule has 0 unspecified atom stereocenters. The Morgan fingerprint density at radius 1 is 1.12 bits per heavy atom. The summed E-state index contributed by atoms with van der Waals surface area (Å²) in [6.45, 7) is 1.79. The predicted octanol–water partition coefficient (Wildman–Crippen LogP) is 2.26. The van der Waals surface area contributed by atoms with Gasteiger partial charge in [-0.1, -0.05) is 18.2 Å². The fourth-order valence-corrected chi connectivity index (χ4v) is 1.23. The van der Waals surface area contributed by atoms with Crippen LogP contribution in [0.2, 0.25) is 0 Å². The minimum Gasteiger partial charge on any atom is -0.481 e. The zero-order chi connectivity index (χ0) is 12.1.